The van der Waals surface area contributed by atoms with E-state index in [1.807, 2.05) is 6.92 Å². The Labute approximate surface area is 73.6 Å². The first-order chi connectivity index (χ1) is 4.59. The zero-order chi connectivity index (χ0) is 8.15. The van der Waals surface area contributed by atoms with Crippen LogP contribution in [0.25, 0.3) is 0 Å². The van der Waals surface area contributed by atoms with E-state index in [9.17, 15) is 4.79 Å². The summed E-state index contributed by atoms with van der Waals surface area (Å²) in [6.45, 7) is 1.91. The number of halogens is 1. The molecule has 2 atom stereocenters. The van der Waals surface area contributed by atoms with E-state index in [-0.39, 0.29) is 0 Å². The van der Waals surface area contributed by atoms with Crippen LogP contribution in [0.1, 0.15) is 19.8 Å². The second-order valence-corrected chi connectivity index (χ2v) is 3.44. The summed E-state index contributed by atoms with van der Waals surface area (Å²) in [4.78, 5) is 10.2. The molecule has 0 amide bonds. The minimum atomic E-state index is -0.943. The Morgan fingerprint density at radius 1 is 1.70 bits per heavy atom. The van der Waals surface area contributed by atoms with Gasteiger partial charge in [-0.1, -0.05) is 35.9 Å². The van der Waals surface area contributed by atoms with Crippen molar-refractivity contribution in [1.82, 2.24) is 0 Å². The Bertz CT molecular complexity index is 116. The summed E-state index contributed by atoms with van der Waals surface area (Å²) in [5.41, 5.74) is 0. The predicted molar refractivity (Wildman–Crippen MR) is 46.4 cm³/mol. The highest BCUT2D eigenvalue weighted by atomic mass is 127. The van der Waals surface area contributed by atoms with Crippen molar-refractivity contribution in [3.8, 4) is 0 Å². The molecule has 0 rings (SSSR count). The highest BCUT2D eigenvalue weighted by Crippen LogP contribution is 2.11. The Morgan fingerprint density at radius 3 is 2.50 bits per heavy atom. The molecule has 10 heavy (non-hydrogen) atoms. The standard InChI is InChI=1S/C6H11IO3/c1-2-3-4(8)5(7)6(9)10/h4-5,8H,2-3H2,1H3,(H,9,10)/t4-,5+/m1/s1. The number of alkyl halides is 1. The first-order valence-corrected chi connectivity index (χ1v) is 4.39. The van der Waals surface area contributed by atoms with E-state index in [0.29, 0.717) is 6.42 Å². The lowest BCUT2D eigenvalue weighted by Gasteiger charge is -2.11. The molecule has 0 aliphatic carbocycles. The molecule has 0 aliphatic heterocycles. The minimum absolute atomic E-state index is 0.555. The van der Waals surface area contributed by atoms with Gasteiger partial charge in [-0.2, -0.15) is 0 Å². The van der Waals surface area contributed by atoms with Crippen LogP contribution >= 0.6 is 22.6 Å². The Hall–Kier alpha value is 0.160. The van der Waals surface area contributed by atoms with Gasteiger partial charge in [-0.15, -0.1) is 0 Å². The molecule has 0 aromatic rings. The summed E-state index contributed by atoms with van der Waals surface area (Å²) in [6.07, 6.45) is 0.663. The smallest absolute Gasteiger partial charge is 0.319 e. The first-order valence-electron chi connectivity index (χ1n) is 3.14. The highest BCUT2D eigenvalue weighted by Gasteiger charge is 2.21. The molecule has 0 radical (unpaired) electrons. The van der Waals surface area contributed by atoms with Crippen LogP contribution in [0, 0.1) is 0 Å². The maximum Gasteiger partial charge on any atom is 0.319 e. The predicted octanol–water partition coefficient (Wildman–Crippen LogP) is 1.04. The second-order valence-electron chi connectivity index (χ2n) is 2.10. The van der Waals surface area contributed by atoms with Crippen molar-refractivity contribution in [3.05, 3.63) is 0 Å². The highest BCUT2D eigenvalue weighted by molar-refractivity contribution is 14.1. The normalized spacial score (nSPS) is 16.3. The molecule has 0 aromatic carbocycles. The molecule has 4 heteroatoms. The maximum absolute atomic E-state index is 10.2. The molecular formula is C6H11IO3. The third-order valence-corrected chi connectivity index (χ3v) is 2.52. The number of hydrogen-bond acceptors (Lipinski definition) is 2. The zero-order valence-electron chi connectivity index (χ0n) is 5.75. The molecule has 0 aromatic heterocycles. The molecule has 2 N–H and O–H groups in total. The fourth-order valence-electron chi connectivity index (χ4n) is 0.607. The van der Waals surface area contributed by atoms with Crippen LogP contribution in [0.4, 0.5) is 0 Å². The minimum Gasteiger partial charge on any atom is -0.480 e. The van der Waals surface area contributed by atoms with Crippen molar-refractivity contribution in [2.75, 3.05) is 0 Å². The van der Waals surface area contributed by atoms with Crippen LogP contribution in [-0.4, -0.2) is 26.2 Å². The Kier molecular flexibility index (Phi) is 4.98. The number of carboxylic acids is 1. The Morgan fingerprint density at radius 2 is 2.20 bits per heavy atom. The second kappa shape index (κ2) is 4.90. The zero-order valence-corrected chi connectivity index (χ0v) is 7.91. The van der Waals surface area contributed by atoms with Crippen LogP contribution in [0.5, 0.6) is 0 Å². The third-order valence-electron chi connectivity index (χ3n) is 1.16. The van der Waals surface area contributed by atoms with Crippen LogP contribution in [0.15, 0.2) is 0 Å². The van der Waals surface area contributed by atoms with Gasteiger partial charge in [0.15, 0.2) is 0 Å². The number of carboxylic acid groups (broad SMARTS) is 1. The van der Waals surface area contributed by atoms with E-state index in [1.165, 1.54) is 0 Å². The van der Waals surface area contributed by atoms with Gasteiger partial charge in [0.1, 0.15) is 3.92 Å². The molecule has 0 fully saturated rings. The summed E-state index contributed by atoms with van der Waals surface area (Å²) >= 11 is 1.73. The largest absolute Gasteiger partial charge is 0.480 e. The van der Waals surface area contributed by atoms with E-state index < -0.39 is 16.0 Å². The van der Waals surface area contributed by atoms with Gasteiger partial charge >= 0.3 is 5.97 Å². The number of aliphatic hydroxyl groups excluding tert-OH is 1. The number of aliphatic hydroxyl groups is 1. The van der Waals surface area contributed by atoms with Crippen LogP contribution in [0.3, 0.4) is 0 Å². The van der Waals surface area contributed by atoms with E-state index in [2.05, 4.69) is 0 Å². The topological polar surface area (TPSA) is 57.5 Å². The van der Waals surface area contributed by atoms with Crippen molar-refractivity contribution in [3.63, 3.8) is 0 Å². The number of rotatable bonds is 4. The summed E-state index contributed by atoms with van der Waals surface area (Å²) in [5.74, 6) is -0.943. The first kappa shape index (κ1) is 10.2. The van der Waals surface area contributed by atoms with Crippen molar-refractivity contribution in [2.24, 2.45) is 0 Å². The Balaban J connectivity index is 3.69. The SMILES string of the molecule is CCC[C@@H](O)[C@H](I)C(=O)O. The average Bonchev–Trinajstić information content (AvgIpc) is 1.87. The molecular weight excluding hydrogens is 247 g/mol. The van der Waals surface area contributed by atoms with Gasteiger partial charge in [0, 0.05) is 0 Å². The fraction of sp³-hybridized carbons (Fsp3) is 0.833. The summed E-state index contributed by atoms with van der Waals surface area (Å²) in [5, 5.41) is 17.5. The third kappa shape index (κ3) is 3.36. The van der Waals surface area contributed by atoms with Gasteiger partial charge in [0.25, 0.3) is 0 Å². The van der Waals surface area contributed by atoms with Crippen LogP contribution < -0.4 is 0 Å². The molecule has 0 heterocycles. The van der Waals surface area contributed by atoms with Gasteiger partial charge in [-0.25, -0.2) is 0 Å². The molecule has 0 bridgehead atoms. The van der Waals surface area contributed by atoms with Crippen molar-refractivity contribution >= 4 is 28.6 Å². The van der Waals surface area contributed by atoms with Crippen LogP contribution in [-0.2, 0) is 4.79 Å². The average molecular weight is 258 g/mol. The van der Waals surface area contributed by atoms with Crippen molar-refractivity contribution in [2.45, 2.75) is 29.8 Å². The van der Waals surface area contributed by atoms with Gasteiger partial charge in [0.2, 0.25) is 0 Å². The number of hydrogen-bond donors (Lipinski definition) is 2. The monoisotopic (exact) mass is 258 g/mol. The summed E-state index contributed by atoms with van der Waals surface area (Å²) in [7, 11) is 0. The van der Waals surface area contributed by atoms with E-state index in [4.69, 9.17) is 10.2 Å². The summed E-state index contributed by atoms with van der Waals surface area (Å²) in [6, 6.07) is 0. The van der Waals surface area contributed by atoms with Gasteiger partial charge in [-0.3, -0.25) is 4.79 Å². The van der Waals surface area contributed by atoms with E-state index in [1.54, 1.807) is 22.6 Å². The van der Waals surface area contributed by atoms with Crippen molar-refractivity contribution in [1.29, 1.82) is 0 Å². The van der Waals surface area contributed by atoms with Gasteiger partial charge < -0.3 is 10.2 Å². The molecule has 0 spiro atoms. The lowest BCUT2D eigenvalue weighted by molar-refractivity contribution is -0.137. The van der Waals surface area contributed by atoms with Gasteiger partial charge in [0.05, 0.1) is 6.10 Å². The van der Waals surface area contributed by atoms with E-state index >= 15 is 0 Å². The molecule has 0 unspecified atom stereocenters. The molecule has 0 saturated carbocycles. The summed E-state index contributed by atoms with van der Waals surface area (Å²) < 4.78 is -0.669. The lowest BCUT2D eigenvalue weighted by atomic mass is 10.1. The molecule has 0 saturated heterocycles. The fourth-order valence-corrected chi connectivity index (χ4v) is 0.966. The quantitative estimate of drug-likeness (QED) is 0.585. The number of aliphatic carboxylic acids is 1. The van der Waals surface area contributed by atoms with Crippen molar-refractivity contribution < 1.29 is 15.0 Å². The van der Waals surface area contributed by atoms with E-state index in [0.717, 1.165) is 6.42 Å². The lowest BCUT2D eigenvalue weighted by Crippen LogP contribution is -2.27. The maximum atomic E-state index is 10.2. The van der Waals surface area contributed by atoms with Crippen LogP contribution in [0.2, 0.25) is 0 Å². The molecule has 60 valence electrons. The molecule has 3 nitrogen and oxygen atoms in total. The molecule has 0 aliphatic rings. The van der Waals surface area contributed by atoms with Gasteiger partial charge in [-0.05, 0) is 6.42 Å². The number of carbonyl (C=O) groups is 1.